The molecule has 0 saturated heterocycles. The number of nitrogens with one attached hydrogen (secondary N) is 1. The van der Waals surface area contributed by atoms with E-state index in [9.17, 15) is 0 Å². The Morgan fingerprint density at radius 3 is 2.56 bits per heavy atom. The van der Waals surface area contributed by atoms with Gasteiger partial charge in [0.2, 0.25) is 0 Å². The van der Waals surface area contributed by atoms with Gasteiger partial charge in [-0.25, -0.2) is 0 Å². The van der Waals surface area contributed by atoms with Gasteiger partial charge in [0.1, 0.15) is 0 Å². The summed E-state index contributed by atoms with van der Waals surface area (Å²) in [5.41, 5.74) is 2.72. The molecule has 2 heteroatoms. The zero-order chi connectivity index (χ0) is 11.8. The van der Waals surface area contributed by atoms with Crippen LogP contribution in [0.15, 0.2) is 24.3 Å². The fraction of sp³-hybridized carbons (Fsp3) is 0.571. The first-order valence-electron chi connectivity index (χ1n) is 5.94. The molecule has 0 radical (unpaired) electrons. The molecule has 0 aliphatic heterocycles. The summed E-state index contributed by atoms with van der Waals surface area (Å²) in [6.45, 7) is 6.34. The summed E-state index contributed by atoms with van der Waals surface area (Å²) in [7, 11) is 2.01. The molecule has 0 spiro atoms. The van der Waals surface area contributed by atoms with Crippen LogP contribution in [-0.2, 0) is 11.2 Å². The summed E-state index contributed by atoms with van der Waals surface area (Å²) in [4.78, 5) is 0. The van der Waals surface area contributed by atoms with Crippen LogP contribution in [0.5, 0.6) is 0 Å². The van der Waals surface area contributed by atoms with Gasteiger partial charge in [0.25, 0.3) is 0 Å². The lowest BCUT2D eigenvalue weighted by Gasteiger charge is -2.29. The van der Waals surface area contributed by atoms with Crippen molar-refractivity contribution >= 4 is 0 Å². The maximum atomic E-state index is 6.12. The Balaban J connectivity index is 2.21. The summed E-state index contributed by atoms with van der Waals surface area (Å²) >= 11 is 0. The van der Waals surface area contributed by atoms with E-state index in [0.29, 0.717) is 6.04 Å². The van der Waals surface area contributed by atoms with Crippen molar-refractivity contribution in [1.29, 1.82) is 0 Å². The van der Waals surface area contributed by atoms with E-state index in [1.54, 1.807) is 0 Å². The highest BCUT2D eigenvalue weighted by Gasteiger charge is 2.34. The largest absolute Gasteiger partial charge is 0.370 e. The summed E-state index contributed by atoms with van der Waals surface area (Å²) < 4.78 is 6.12. The van der Waals surface area contributed by atoms with E-state index in [2.05, 4.69) is 50.4 Å². The van der Waals surface area contributed by atoms with Crippen LogP contribution in [0.25, 0.3) is 0 Å². The van der Waals surface area contributed by atoms with Crippen LogP contribution >= 0.6 is 0 Å². The van der Waals surface area contributed by atoms with Crippen molar-refractivity contribution in [3.05, 3.63) is 35.4 Å². The molecule has 0 bridgehead atoms. The SMILES string of the molecule is CNC1c2ccccc2CC1OC(C)(C)C. The van der Waals surface area contributed by atoms with E-state index in [0.717, 1.165) is 6.42 Å². The summed E-state index contributed by atoms with van der Waals surface area (Å²) in [5, 5.41) is 3.37. The zero-order valence-corrected chi connectivity index (χ0v) is 10.6. The van der Waals surface area contributed by atoms with Gasteiger partial charge in [0.15, 0.2) is 0 Å². The summed E-state index contributed by atoms with van der Waals surface area (Å²) in [6, 6.07) is 8.93. The Kier molecular flexibility index (Phi) is 3.04. The van der Waals surface area contributed by atoms with Crippen molar-refractivity contribution in [2.45, 2.75) is 44.9 Å². The van der Waals surface area contributed by atoms with E-state index in [4.69, 9.17) is 4.74 Å². The maximum Gasteiger partial charge on any atom is 0.0817 e. The van der Waals surface area contributed by atoms with Crippen molar-refractivity contribution in [1.82, 2.24) is 5.32 Å². The third-order valence-electron chi connectivity index (χ3n) is 3.00. The molecular weight excluding hydrogens is 198 g/mol. The minimum Gasteiger partial charge on any atom is -0.370 e. The number of likely N-dealkylation sites (N-methyl/N-ethyl adjacent to an activating group) is 1. The normalized spacial score (nSPS) is 24.5. The molecular formula is C14H21NO. The molecule has 2 atom stereocenters. The first kappa shape index (κ1) is 11.6. The standard InChI is InChI=1S/C14H21NO/c1-14(2,3)16-12-9-10-7-5-6-8-11(10)13(12)15-4/h5-8,12-13,15H,9H2,1-4H3. The Bertz CT molecular complexity index is 367. The van der Waals surface area contributed by atoms with Gasteiger partial charge in [-0.05, 0) is 38.9 Å². The minimum absolute atomic E-state index is 0.0815. The quantitative estimate of drug-likeness (QED) is 0.825. The molecule has 0 fully saturated rings. The lowest BCUT2D eigenvalue weighted by Crippen LogP contribution is -2.34. The van der Waals surface area contributed by atoms with E-state index in [1.807, 2.05) is 7.05 Å². The molecule has 1 aliphatic rings. The van der Waals surface area contributed by atoms with Crippen LogP contribution in [0, 0.1) is 0 Å². The van der Waals surface area contributed by atoms with Crippen LogP contribution in [0.4, 0.5) is 0 Å². The molecule has 16 heavy (non-hydrogen) atoms. The fourth-order valence-electron chi connectivity index (χ4n) is 2.46. The lowest BCUT2D eigenvalue weighted by molar-refractivity contribution is -0.0690. The molecule has 2 nitrogen and oxygen atoms in total. The number of rotatable bonds is 2. The number of hydrogen-bond donors (Lipinski definition) is 1. The van der Waals surface area contributed by atoms with E-state index < -0.39 is 0 Å². The Morgan fingerprint density at radius 2 is 1.94 bits per heavy atom. The molecule has 0 heterocycles. The van der Waals surface area contributed by atoms with Crippen LogP contribution in [0.3, 0.4) is 0 Å². The maximum absolute atomic E-state index is 6.12. The molecule has 1 aromatic rings. The molecule has 0 saturated carbocycles. The van der Waals surface area contributed by atoms with Gasteiger partial charge in [-0.1, -0.05) is 24.3 Å². The highest BCUT2D eigenvalue weighted by atomic mass is 16.5. The van der Waals surface area contributed by atoms with Crippen molar-refractivity contribution < 1.29 is 4.74 Å². The molecule has 88 valence electrons. The minimum atomic E-state index is -0.0815. The van der Waals surface area contributed by atoms with E-state index in [1.165, 1.54) is 11.1 Å². The van der Waals surface area contributed by atoms with E-state index in [-0.39, 0.29) is 11.7 Å². The number of hydrogen-bond acceptors (Lipinski definition) is 2. The third kappa shape index (κ3) is 2.28. The highest BCUT2D eigenvalue weighted by molar-refractivity contribution is 5.36. The van der Waals surface area contributed by atoms with Crippen molar-refractivity contribution in [3.63, 3.8) is 0 Å². The smallest absolute Gasteiger partial charge is 0.0817 e. The predicted octanol–water partition coefficient (Wildman–Crippen LogP) is 2.69. The second-order valence-electron chi connectivity index (χ2n) is 5.44. The van der Waals surface area contributed by atoms with Crippen LogP contribution in [0.2, 0.25) is 0 Å². The van der Waals surface area contributed by atoms with Crippen molar-refractivity contribution in [3.8, 4) is 0 Å². The average Bonchev–Trinajstić information content (AvgIpc) is 2.51. The molecule has 0 amide bonds. The Labute approximate surface area is 98.0 Å². The van der Waals surface area contributed by atoms with Crippen LogP contribution in [0.1, 0.15) is 37.9 Å². The molecule has 2 unspecified atom stereocenters. The van der Waals surface area contributed by atoms with E-state index >= 15 is 0 Å². The predicted molar refractivity (Wildman–Crippen MR) is 66.6 cm³/mol. The zero-order valence-electron chi connectivity index (χ0n) is 10.6. The molecule has 1 aromatic carbocycles. The number of fused-ring (bicyclic) bond motifs is 1. The molecule has 0 aromatic heterocycles. The van der Waals surface area contributed by atoms with Gasteiger partial charge >= 0.3 is 0 Å². The third-order valence-corrected chi connectivity index (χ3v) is 3.00. The van der Waals surface area contributed by atoms with Crippen LogP contribution in [-0.4, -0.2) is 18.8 Å². The van der Waals surface area contributed by atoms with Gasteiger partial charge in [0.05, 0.1) is 17.7 Å². The monoisotopic (exact) mass is 219 g/mol. The topological polar surface area (TPSA) is 21.3 Å². The first-order chi connectivity index (χ1) is 7.51. The Morgan fingerprint density at radius 1 is 1.25 bits per heavy atom. The Hall–Kier alpha value is -0.860. The highest BCUT2D eigenvalue weighted by Crippen LogP contribution is 2.34. The lowest BCUT2D eigenvalue weighted by atomic mass is 10.1. The van der Waals surface area contributed by atoms with Gasteiger partial charge in [0, 0.05) is 6.42 Å². The second-order valence-corrected chi connectivity index (χ2v) is 5.44. The molecule has 2 rings (SSSR count). The van der Waals surface area contributed by atoms with Gasteiger partial charge in [-0.3, -0.25) is 0 Å². The number of benzene rings is 1. The molecule has 1 N–H and O–H groups in total. The van der Waals surface area contributed by atoms with Crippen LogP contribution < -0.4 is 5.32 Å². The fourth-order valence-corrected chi connectivity index (χ4v) is 2.46. The number of ether oxygens (including phenoxy) is 1. The first-order valence-corrected chi connectivity index (χ1v) is 5.94. The second kappa shape index (κ2) is 4.19. The van der Waals surface area contributed by atoms with Gasteiger partial charge < -0.3 is 10.1 Å². The van der Waals surface area contributed by atoms with Crippen molar-refractivity contribution in [2.75, 3.05) is 7.05 Å². The molecule has 1 aliphatic carbocycles. The summed E-state index contributed by atoms with van der Waals surface area (Å²) in [6.07, 6.45) is 1.27. The average molecular weight is 219 g/mol. The van der Waals surface area contributed by atoms with Crippen molar-refractivity contribution in [2.24, 2.45) is 0 Å². The summed E-state index contributed by atoms with van der Waals surface area (Å²) in [5.74, 6) is 0. The van der Waals surface area contributed by atoms with Gasteiger partial charge in [-0.15, -0.1) is 0 Å². The van der Waals surface area contributed by atoms with Gasteiger partial charge in [-0.2, -0.15) is 0 Å².